The Morgan fingerprint density at radius 1 is 0.960 bits per heavy atom. The molecule has 3 aliphatic heterocycles. The van der Waals surface area contributed by atoms with Crippen LogP contribution in [-0.4, -0.2) is 104 Å². The fraction of sp³-hybridized carbons (Fsp3) is 0.324. The molecular formula is C37H38N10O3. The van der Waals surface area contributed by atoms with E-state index in [1.54, 1.807) is 30.3 Å². The van der Waals surface area contributed by atoms with Crippen LogP contribution in [-0.2, 0) is 16.6 Å². The van der Waals surface area contributed by atoms with Crippen LogP contribution in [0.15, 0.2) is 73.2 Å². The van der Waals surface area contributed by atoms with Gasteiger partial charge in [-0.1, -0.05) is 30.3 Å². The number of fused-ring (bicyclic) bond motifs is 1. The molecule has 13 nitrogen and oxygen atoms in total. The van der Waals surface area contributed by atoms with Crippen LogP contribution < -0.4 is 10.2 Å². The maximum Gasteiger partial charge on any atom is 0.269 e. The maximum atomic E-state index is 14.0. The van der Waals surface area contributed by atoms with Gasteiger partial charge in [-0.2, -0.15) is 10.2 Å². The van der Waals surface area contributed by atoms with E-state index in [4.69, 9.17) is 0 Å². The second-order valence-corrected chi connectivity index (χ2v) is 13.4. The number of rotatable bonds is 7. The third-order valence-corrected chi connectivity index (χ3v) is 10.3. The molecular weight excluding hydrogens is 632 g/mol. The van der Waals surface area contributed by atoms with Gasteiger partial charge in [0.2, 0.25) is 11.8 Å². The molecule has 2 N–H and O–H groups in total. The van der Waals surface area contributed by atoms with Crippen LogP contribution in [0, 0.1) is 5.41 Å². The van der Waals surface area contributed by atoms with Gasteiger partial charge in [0.1, 0.15) is 17.7 Å². The highest BCUT2D eigenvalue weighted by atomic mass is 16.2. The standard InChI is InChI=1S/C37H38N10O3/c1-38-35(49)31-19-27(9-14-39-31)33-29-20-28(7-8-30(29)41-42-33)47-18-13-37(36(47)50)12-17-45(22-37)21-32(48)46-15-10-25(11-16-46)24-3-5-26(6-4-24)34-40-23-44(2)43-34/h3-10,14,19-20,23H,11-13,15-18,21-22H2,1-2H3,(H,38,49)(H,41,42)/t37-/m0/s1. The quantitative estimate of drug-likeness (QED) is 0.268. The molecule has 1 spiro atoms. The number of pyridine rings is 1. The Labute approximate surface area is 289 Å². The van der Waals surface area contributed by atoms with Crippen molar-refractivity contribution in [1.29, 1.82) is 0 Å². The number of aromatic amines is 1. The molecule has 13 heteroatoms. The lowest BCUT2D eigenvalue weighted by Crippen LogP contribution is -2.43. The molecule has 0 saturated carbocycles. The number of anilines is 1. The second-order valence-electron chi connectivity index (χ2n) is 13.4. The summed E-state index contributed by atoms with van der Waals surface area (Å²) in [4.78, 5) is 54.1. The van der Waals surface area contributed by atoms with Crippen molar-refractivity contribution >= 4 is 39.9 Å². The van der Waals surface area contributed by atoms with Gasteiger partial charge in [-0.25, -0.2) is 4.98 Å². The Balaban J connectivity index is 0.901. The molecule has 0 bridgehead atoms. The highest BCUT2D eigenvalue weighted by molar-refractivity contribution is 6.03. The molecule has 3 aliphatic rings. The molecule has 3 aromatic heterocycles. The van der Waals surface area contributed by atoms with Crippen molar-refractivity contribution < 1.29 is 14.4 Å². The summed E-state index contributed by atoms with van der Waals surface area (Å²) < 4.78 is 1.69. The molecule has 5 aromatic rings. The normalized spacial score (nSPS) is 19.5. The van der Waals surface area contributed by atoms with E-state index in [2.05, 4.69) is 53.7 Å². The fourth-order valence-electron chi connectivity index (χ4n) is 7.51. The average Bonchev–Trinajstić information content (AvgIpc) is 3.95. The number of hydrogen-bond acceptors (Lipinski definition) is 8. The molecule has 1 atom stereocenters. The van der Waals surface area contributed by atoms with Gasteiger partial charge in [0.05, 0.1) is 17.5 Å². The Morgan fingerprint density at radius 3 is 2.54 bits per heavy atom. The number of amides is 3. The van der Waals surface area contributed by atoms with Crippen LogP contribution >= 0.6 is 0 Å². The van der Waals surface area contributed by atoms with Crippen LogP contribution in [0.4, 0.5) is 5.69 Å². The van der Waals surface area contributed by atoms with Crippen LogP contribution in [0.3, 0.4) is 0 Å². The van der Waals surface area contributed by atoms with Gasteiger partial charge in [-0.3, -0.25) is 34.0 Å². The lowest BCUT2D eigenvalue weighted by molar-refractivity contribution is -0.132. The molecule has 0 unspecified atom stereocenters. The summed E-state index contributed by atoms with van der Waals surface area (Å²) in [6, 6.07) is 17.7. The van der Waals surface area contributed by atoms with Crippen LogP contribution in [0.2, 0.25) is 0 Å². The monoisotopic (exact) mass is 670 g/mol. The minimum atomic E-state index is -0.492. The summed E-state index contributed by atoms with van der Waals surface area (Å²) in [5.74, 6) is 0.643. The SMILES string of the molecule is CNC(=O)c1cc(-c2n[nH]c3ccc(N4CC[C@]5(CCN(CC(=O)N6CC=C(c7ccc(-c8ncn(C)n8)cc7)CC6)C5)C4=O)cc23)ccn1. The average molecular weight is 671 g/mol. The second kappa shape index (κ2) is 12.6. The number of hydrogen-bond donors (Lipinski definition) is 2. The van der Waals surface area contributed by atoms with E-state index < -0.39 is 5.41 Å². The topological polar surface area (TPSA) is 145 Å². The number of nitrogens with zero attached hydrogens (tertiary/aromatic N) is 8. The minimum absolute atomic E-state index is 0.102. The van der Waals surface area contributed by atoms with Crippen LogP contribution in [0.5, 0.6) is 0 Å². The van der Waals surface area contributed by atoms with Gasteiger partial charge >= 0.3 is 0 Å². The number of carbonyl (C=O) groups is 3. The van der Waals surface area contributed by atoms with Crippen molar-refractivity contribution in [1.82, 2.24) is 45.1 Å². The van der Waals surface area contributed by atoms with Crippen molar-refractivity contribution in [2.75, 3.05) is 51.2 Å². The molecule has 2 fully saturated rings. The molecule has 8 rings (SSSR count). The first-order valence-electron chi connectivity index (χ1n) is 16.9. The number of nitrogens with one attached hydrogen (secondary N) is 2. The first kappa shape index (κ1) is 31.6. The van der Waals surface area contributed by atoms with E-state index >= 15 is 0 Å². The molecule has 50 heavy (non-hydrogen) atoms. The Bertz CT molecular complexity index is 2150. The minimum Gasteiger partial charge on any atom is -0.354 e. The van der Waals surface area contributed by atoms with Crippen molar-refractivity contribution in [3.8, 4) is 22.6 Å². The summed E-state index contributed by atoms with van der Waals surface area (Å²) in [5, 5.41) is 15.4. The lowest BCUT2D eigenvalue weighted by Gasteiger charge is -2.29. The predicted molar refractivity (Wildman–Crippen MR) is 189 cm³/mol. The zero-order valence-electron chi connectivity index (χ0n) is 28.1. The molecule has 2 aromatic carbocycles. The predicted octanol–water partition coefficient (Wildman–Crippen LogP) is 3.52. The van der Waals surface area contributed by atoms with E-state index in [-0.39, 0.29) is 17.7 Å². The summed E-state index contributed by atoms with van der Waals surface area (Å²) >= 11 is 0. The van der Waals surface area contributed by atoms with Crippen LogP contribution in [0.1, 0.15) is 35.3 Å². The molecule has 0 aliphatic carbocycles. The first-order valence-corrected chi connectivity index (χ1v) is 16.9. The van der Waals surface area contributed by atoms with E-state index in [1.165, 1.54) is 5.57 Å². The highest BCUT2D eigenvalue weighted by Crippen LogP contribution is 2.43. The van der Waals surface area contributed by atoms with Crippen molar-refractivity contribution in [2.45, 2.75) is 19.3 Å². The first-order chi connectivity index (χ1) is 24.3. The largest absolute Gasteiger partial charge is 0.354 e. The summed E-state index contributed by atoms with van der Waals surface area (Å²) in [6.07, 6.45) is 7.72. The molecule has 6 heterocycles. The van der Waals surface area contributed by atoms with E-state index in [0.29, 0.717) is 49.9 Å². The zero-order valence-corrected chi connectivity index (χ0v) is 28.1. The Kier molecular flexibility index (Phi) is 7.98. The number of aromatic nitrogens is 6. The van der Waals surface area contributed by atoms with Gasteiger partial charge in [0.15, 0.2) is 5.82 Å². The maximum absolute atomic E-state index is 14.0. The van der Waals surface area contributed by atoms with Gasteiger partial charge < -0.3 is 15.1 Å². The van der Waals surface area contributed by atoms with Crippen molar-refractivity contribution in [3.05, 3.63) is 84.5 Å². The fourth-order valence-corrected chi connectivity index (χ4v) is 7.51. The number of likely N-dealkylation sites (tertiary alicyclic amines) is 1. The van der Waals surface area contributed by atoms with E-state index in [1.807, 2.05) is 53.2 Å². The van der Waals surface area contributed by atoms with E-state index in [9.17, 15) is 14.4 Å². The molecule has 3 amide bonds. The van der Waals surface area contributed by atoms with Crippen molar-refractivity contribution in [3.63, 3.8) is 0 Å². The van der Waals surface area contributed by atoms with Crippen molar-refractivity contribution in [2.24, 2.45) is 12.5 Å². The van der Waals surface area contributed by atoms with Crippen LogP contribution in [0.25, 0.3) is 39.1 Å². The van der Waals surface area contributed by atoms with Gasteiger partial charge in [0, 0.05) is 68.7 Å². The number of aryl methyl sites for hydroxylation is 1. The molecule has 2 saturated heterocycles. The van der Waals surface area contributed by atoms with Gasteiger partial charge in [-0.15, -0.1) is 0 Å². The summed E-state index contributed by atoms with van der Waals surface area (Å²) in [5.41, 5.74) is 6.28. The zero-order chi connectivity index (χ0) is 34.4. The lowest BCUT2D eigenvalue weighted by atomic mass is 9.85. The third kappa shape index (κ3) is 5.72. The third-order valence-electron chi connectivity index (χ3n) is 10.3. The Hall–Kier alpha value is -5.69. The number of H-pyrrole nitrogens is 1. The molecule has 254 valence electrons. The van der Waals surface area contributed by atoms with E-state index in [0.717, 1.165) is 59.1 Å². The van der Waals surface area contributed by atoms with Gasteiger partial charge in [-0.05, 0) is 67.3 Å². The molecule has 0 radical (unpaired) electrons. The smallest absolute Gasteiger partial charge is 0.269 e. The summed E-state index contributed by atoms with van der Waals surface area (Å²) in [7, 11) is 3.42. The Morgan fingerprint density at radius 2 is 1.78 bits per heavy atom. The van der Waals surface area contributed by atoms with Gasteiger partial charge in [0.25, 0.3) is 5.91 Å². The highest BCUT2D eigenvalue weighted by Gasteiger charge is 2.51. The number of benzene rings is 2. The summed E-state index contributed by atoms with van der Waals surface area (Å²) in [6.45, 7) is 3.49. The number of carbonyl (C=O) groups excluding carboxylic acids is 3.